The molecule has 0 unspecified atom stereocenters. The van der Waals surface area contributed by atoms with Crippen molar-refractivity contribution >= 4 is 35.2 Å². The summed E-state index contributed by atoms with van der Waals surface area (Å²) in [6, 6.07) is 12.5. The number of halogens is 1. The van der Waals surface area contributed by atoms with E-state index in [9.17, 15) is 14.3 Å². The zero-order valence-electron chi connectivity index (χ0n) is 12.4. The second kappa shape index (κ2) is 8.59. The van der Waals surface area contributed by atoms with Crippen LogP contribution in [-0.2, 0) is 4.79 Å². The quantitative estimate of drug-likeness (QED) is 0.465. The number of carbonyl (C=O) groups is 1. The highest BCUT2D eigenvalue weighted by atomic mass is 32.1. The van der Waals surface area contributed by atoms with E-state index in [0.717, 1.165) is 0 Å². The van der Waals surface area contributed by atoms with E-state index in [0.29, 0.717) is 17.0 Å². The number of nitrogens with one attached hydrogen (secondary N) is 2. The molecule has 0 aliphatic heterocycles. The smallest absolute Gasteiger partial charge is 0.191 e. The first-order valence-corrected chi connectivity index (χ1v) is 7.23. The summed E-state index contributed by atoms with van der Waals surface area (Å²) in [6.45, 7) is -0.553. The van der Waals surface area contributed by atoms with Gasteiger partial charge in [-0.15, -0.1) is 0 Å². The number of hydrogen-bond donors (Lipinski definition) is 2. The van der Waals surface area contributed by atoms with Crippen LogP contribution in [0.2, 0.25) is 0 Å². The van der Waals surface area contributed by atoms with Crippen LogP contribution in [0, 0.1) is 5.82 Å². The number of aliphatic carboxylic acids is 1. The third kappa shape index (κ3) is 5.65. The topological polar surface area (TPSA) is 85.8 Å². The maximum absolute atomic E-state index is 12.8. The summed E-state index contributed by atoms with van der Waals surface area (Å²) in [7, 11) is 0. The van der Waals surface area contributed by atoms with Crippen LogP contribution in [-0.4, -0.2) is 23.9 Å². The van der Waals surface area contributed by atoms with E-state index < -0.39 is 12.6 Å². The van der Waals surface area contributed by atoms with Crippen molar-refractivity contribution in [3.05, 3.63) is 59.9 Å². The first-order chi connectivity index (χ1) is 11.5. The largest absolute Gasteiger partial charge is 0.546 e. The van der Waals surface area contributed by atoms with Gasteiger partial charge in [0, 0.05) is 11.3 Å². The summed E-state index contributed by atoms with van der Waals surface area (Å²) in [5.74, 6) is -1.31. The predicted molar refractivity (Wildman–Crippen MR) is 90.3 cm³/mol. The molecule has 0 saturated heterocycles. The summed E-state index contributed by atoms with van der Waals surface area (Å²) < 4.78 is 17.9. The van der Waals surface area contributed by atoms with E-state index in [1.807, 2.05) is 0 Å². The monoisotopic (exact) mass is 346 g/mol. The van der Waals surface area contributed by atoms with Gasteiger partial charge in [-0.05, 0) is 48.6 Å². The van der Waals surface area contributed by atoms with Gasteiger partial charge in [0.25, 0.3) is 0 Å². The Kier molecular flexibility index (Phi) is 6.21. The molecule has 0 amide bonds. The maximum Gasteiger partial charge on any atom is 0.191 e. The van der Waals surface area contributed by atoms with Crippen molar-refractivity contribution in [1.29, 1.82) is 0 Å². The second-order valence-corrected chi connectivity index (χ2v) is 4.94. The zero-order valence-corrected chi connectivity index (χ0v) is 13.2. The number of carboxylic acid groups (broad SMARTS) is 1. The third-order valence-corrected chi connectivity index (χ3v) is 2.93. The summed E-state index contributed by atoms with van der Waals surface area (Å²) in [5, 5.41) is 17.4. The van der Waals surface area contributed by atoms with Gasteiger partial charge >= 0.3 is 0 Å². The van der Waals surface area contributed by atoms with Crippen molar-refractivity contribution in [3.63, 3.8) is 0 Å². The van der Waals surface area contributed by atoms with E-state index in [1.54, 1.807) is 24.3 Å². The fraction of sp³-hybridized carbons (Fsp3) is 0.0625. The third-order valence-electron chi connectivity index (χ3n) is 2.74. The van der Waals surface area contributed by atoms with Gasteiger partial charge in [-0.25, -0.2) is 4.39 Å². The number of para-hydroxylation sites is 1. The Morgan fingerprint density at radius 2 is 1.96 bits per heavy atom. The van der Waals surface area contributed by atoms with Crippen LogP contribution in [0.4, 0.5) is 10.1 Å². The molecule has 2 N–H and O–H groups in total. The molecule has 0 bridgehead atoms. The molecule has 0 aliphatic rings. The molecule has 24 heavy (non-hydrogen) atoms. The molecule has 0 aromatic heterocycles. The molecule has 0 atom stereocenters. The van der Waals surface area contributed by atoms with E-state index in [2.05, 4.69) is 15.8 Å². The summed E-state index contributed by atoms with van der Waals surface area (Å²) >= 11 is 5.06. The molecular formula is C16H13FN3O3S-. The van der Waals surface area contributed by atoms with Crippen LogP contribution >= 0.6 is 12.2 Å². The Morgan fingerprint density at radius 3 is 2.67 bits per heavy atom. The zero-order chi connectivity index (χ0) is 17.4. The maximum atomic E-state index is 12.8. The number of nitrogens with zero attached hydrogens (tertiary/aromatic N) is 1. The molecule has 0 heterocycles. The second-order valence-electron chi connectivity index (χ2n) is 4.53. The van der Waals surface area contributed by atoms with Gasteiger partial charge in [0.05, 0.1) is 12.2 Å². The fourth-order valence-corrected chi connectivity index (χ4v) is 1.88. The summed E-state index contributed by atoms with van der Waals surface area (Å²) in [4.78, 5) is 10.5. The predicted octanol–water partition coefficient (Wildman–Crippen LogP) is 1.27. The number of anilines is 1. The van der Waals surface area contributed by atoms with Crippen LogP contribution in [0.15, 0.2) is 53.6 Å². The lowest BCUT2D eigenvalue weighted by atomic mass is 10.2. The Bertz CT molecular complexity index is 750. The number of ether oxygens (including phenoxy) is 1. The lowest BCUT2D eigenvalue weighted by Crippen LogP contribution is -2.29. The summed E-state index contributed by atoms with van der Waals surface area (Å²) in [6.07, 6.45) is 1.43. The number of hydrazone groups is 1. The van der Waals surface area contributed by atoms with Gasteiger partial charge in [-0.3, -0.25) is 5.43 Å². The molecule has 6 nitrogen and oxygen atoms in total. The van der Waals surface area contributed by atoms with E-state index in [-0.39, 0.29) is 10.9 Å². The Labute approximate surface area is 143 Å². The minimum atomic E-state index is -1.32. The van der Waals surface area contributed by atoms with Crippen molar-refractivity contribution in [3.8, 4) is 5.75 Å². The Hall–Kier alpha value is -3.00. The highest BCUT2D eigenvalue weighted by Crippen LogP contribution is 2.15. The van der Waals surface area contributed by atoms with E-state index in [4.69, 9.17) is 17.0 Å². The van der Waals surface area contributed by atoms with Crippen LogP contribution in [0.3, 0.4) is 0 Å². The first-order valence-electron chi connectivity index (χ1n) is 6.82. The number of thiocarbonyl (C=S) groups is 1. The molecule has 0 fully saturated rings. The van der Waals surface area contributed by atoms with Crippen LogP contribution < -0.4 is 20.6 Å². The van der Waals surface area contributed by atoms with Gasteiger partial charge < -0.3 is 20.0 Å². The molecule has 2 rings (SSSR count). The van der Waals surface area contributed by atoms with E-state index >= 15 is 0 Å². The van der Waals surface area contributed by atoms with Crippen molar-refractivity contribution < 1.29 is 19.0 Å². The first kappa shape index (κ1) is 17.4. The number of carboxylic acids is 1. The molecule has 8 heteroatoms. The van der Waals surface area contributed by atoms with Crippen molar-refractivity contribution in [2.24, 2.45) is 5.10 Å². The standard InChI is InChI=1S/C16H14FN3O3S/c17-12-5-7-13(8-6-12)19-16(24)20-18-9-11-3-1-2-4-14(11)23-10-15(21)22/h1-9H,10H2,(H,21,22)(H2,19,20,24)/p-1/b18-9-. The average molecular weight is 346 g/mol. The molecule has 0 saturated carbocycles. The Morgan fingerprint density at radius 1 is 1.25 bits per heavy atom. The molecule has 0 aliphatic carbocycles. The normalized spacial score (nSPS) is 10.4. The van der Waals surface area contributed by atoms with Crippen molar-refractivity contribution in [2.45, 2.75) is 0 Å². The SMILES string of the molecule is O=C([O-])COc1ccccc1/C=N\NC(=S)Nc1ccc(F)cc1. The molecule has 124 valence electrons. The fourth-order valence-electron chi connectivity index (χ4n) is 1.71. The molecule has 0 radical (unpaired) electrons. The lowest BCUT2D eigenvalue weighted by molar-refractivity contribution is -0.307. The highest BCUT2D eigenvalue weighted by Gasteiger charge is 2.01. The number of hydrogen-bond acceptors (Lipinski definition) is 5. The summed E-state index contributed by atoms with van der Waals surface area (Å²) in [5.41, 5.74) is 3.78. The van der Waals surface area contributed by atoms with Crippen molar-refractivity contribution in [2.75, 3.05) is 11.9 Å². The van der Waals surface area contributed by atoms with Gasteiger partial charge in [0.2, 0.25) is 0 Å². The van der Waals surface area contributed by atoms with Gasteiger partial charge in [-0.1, -0.05) is 12.1 Å². The van der Waals surface area contributed by atoms with Gasteiger partial charge in [0.1, 0.15) is 18.2 Å². The minimum absolute atomic E-state index is 0.214. The van der Waals surface area contributed by atoms with Crippen LogP contribution in [0.25, 0.3) is 0 Å². The number of benzene rings is 2. The van der Waals surface area contributed by atoms with E-state index in [1.165, 1.54) is 30.5 Å². The molecule has 0 spiro atoms. The Balaban J connectivity index is 1.92. The number of rotatable bonds is 6. The van der Waals surface area contributed by atoms with Crippen molar-refractivity contribution in [1.82, 2.24) is 5.43 Å². The number of carbonyl (C=O) groups excluding carboxylic acids is 1. The molecular weight excluding hydrogens is 333 g/mol. The van der Waals surface area contributed by atoms with Crippen LogP contribution in [0.5, 0.6) is 5.75 Å². The lowest BCUT2D eigenvalue weighted by Gasteiger charge is -2.09. The average Bonchev–Trinajstić information content (AvgIpc) is 2.56. The van der Waals surface area contributed by atoms with Gasteiger partial charge in [-0.2, -0.15) is 5.10 Å². The van der Waals surface area contributed by atoms with Crippen LogP contribution in [0.1, 0.15) is 5.56 Å². The molecule has 2 aromatic carbocycles. The molecule has 2 aromatic rings. The van der Waals surface area contributed by atoms with Gasteiger partial charge in [0.15, 0.2) is 5.11 Å². The minimum Gasteiger partial charge on any atom is -0.546 e. The highest BCUT2D eigenvalue weighted by molar-refractivity contribution is 7.80.